The Labute approximate surface area is 165 Å². The molecule has 2 aliphatic rings. The van der Waals surface area contributed by atoms with E-state index in [-0.39, 0.29) is 38.7 Å². The van der Waals surface area contributed by atoms with Crippen LogP contribution in [0.25, 0.3) is 0 Å². The number of alkyl halides is 1. The smallest absolute Gasteiger partial charge is 0.199 e. The van der Waals surface area contributed by atoms with Crippen molar-refractivity contribution in [3.63, 3.8) is 0 Å². The Hall–Kier alpha value is -2.07. The molecular weight excluding hydrogens is 440 g/mol. The van der Waals surface area contributed by atoms with Gasteiger partial charge < -0.3 is 20.4 Å². The van der Waals surface area contributed by atoms with Crippen molar-refractivity contribution in [3.8, 4) is 11.5 Å². The van der Waals surface area contributed by atoms with E-state index < -0.39 is 53.4 Å². The molecule has 0 aliphatic heterocycles. The molecule has 1 aromatic carbocycles. The van der Waals surface area contributed by atoms with Gasteiger partial charge in [-0.2, -0.15) is 11.3 Å². The number of aliphatic hydroxyl groups is 2. The minimum Gasteiger partial charge on any atom is -0.507 e. The number of aliphatic hydroxyl groups excluding tert-OH is 1. The van der Waals surface area contributed by atoms with E-state index in [1.165, 1.54) is 10.8 Å². The van der Waals surface area contributed by atoms with Crippen LogP contribution in [-0.2, 0) is 11.2 Å². The number of Topliss-reactive ketones (excluding diaryl/α,β-unsaturated/α-hetero) is 1. The van der Waals surface area contributed by atoms with E-state index in [2.05, 4.69) is 15.9 Å². The second-order valence-electron chi connectivity index (χ2n) is 6.68. The molecule has 0 amide bonds. The SMILES string of the molecule is O=C1c2cscc2C(=O)c2c(O)c3c(c(O)c21)C[C@](O)(C(=O)CBr)C[C@H]3O. The number of thiophene rings is 1. The standard InChI is InChI=1S/C18H13BrO7S/c19-3-10(21)18(26)1-6-11(9(20)2-18)17(25)13-12(14(6)22)15(23)7-4-27-5-8(7)16(13)24/h4-5,9,20,22,25-26H,1-3H2/t9-,18-/m1/s1. The third kappa shape index (κ3) is 2.35. The normalized spacial score (nSPS) is 23.6. The first-order valence-corrected chi connectivity index (χ1v) is 10.0. The summed E-state index contributed by atoms with van der Waals surface area (Å²) in [5, 5.41) is 45.3. The van der Waals surface area contributed by atoms with Crippen LogP contribution in [0.2, 0.25) is 0 Å². The lowest BCUT2D eigenvalue weighted by molar-refractivity contribution is -0.139. The Morgan fingerprint density at radius 3 is 2.26 bits per heavy atom. The number of ketones is 3. The average molecular weight is 453 g/mol. The zero-order chi connectivity index (χ0) is 19.7. The largest absolute Gasteiger partial charge is 0.507 e. The molecule has 7 nitrogen and oxygen atoms in total. The first kappa shape index (κ1) is 18.3. The maximum absolute atomic E-state index is 12.8. The predicted octanol–water partition coefficient (Wildman–Crippen LogP) is 1.61. The number of fused-ring (bicyclic) bond motifs is 3. The van der Waals surface area contributed by atoms with Crippen LogP contribution in [0.3, 0.4) is 0 Å². The highest BCUT2D eigenvalue weighted by molar-refractivity contribution is 9.09. The maximum atomic E-state index is 12.8. The van der Waals surface area contributed by atoms with Gasteiger partial charge >= 0.3 is 0 Å². The topological polar surface area (TPSA) is 132 Å². The number of carbonyl (C=O) groups excluding carboxylic acids is 3. The quantitative estimate of drug-likeness (QED) is 0.342. The van der Waals surface area contributed by atoms with Crippen LogP contribution in [0.15, 0.2) is 10.8 Å². The summed E-state index contributed by atoms with van der Waals surface area (Å²) in [7, 11) is 0. The number of carbonyl (C=O) groups is 3. The summed E-state index contributed by atoms with van der Waals surface area (Å²) >= 11 is 4.11. The lowest BCUT2D eigenvalue weighted by Gasteiger charge is -2.36. The van der Waals surface area contributed by atoms with Crippen molar-refractivity contribution in [2.75, 3.05) is 5.33 Å². The van der Waals surface area contributed by atoms with Crippen molar-refractivity contribution in [3.05, 3.63) is 44.1 Å². The van der Waals surface area contributed by atoms with Gasteiger partial charge in [0.25, 0.3) is 0 Å². The summed E-state index contributed by atoms with van der Waals surface area (Å²) in [5.41, 5.74) is -2.70. The average Bonchev–Trinajstić information content (AvgIpc) is 3.11. The van der Waals surface area contributed by atoms with E-state index in [4.69, 9.17) is 0 Å². The van der Waals surface area contributed by atoms with Gasteiger partial charge in [-0.1, -0.05) is 15.9 Å². The number of hydrogen-bond donors (Lipinski definition) is 4. The molecule has 1 aromatic heterocycles. The number of hydrogen-bond acceptors (Lipinski definition) is 8. The predicted molar refractivity (Wildman–Crippen MR) is 98.0 cm³/mol. The second kappa shape index (κ2) is 5.96. The monoisotopic (exact) mass is 452 g/mol. The fourth-order valence-corrected chi connectivity index (χ4v) is 5.14. The van der Waals surface area contributed by atoms with Crippen LogP contribution in [0.5, 0.6) is 11.5 Å². The van der Waals surface area contributed by atoms with Gasteiger partial charge in [0.15, 0.2) is 17.3 Å². The van der Waals surface area contributed by atoms with E-state index in [0.29, 0.717) is 0 Å². The van der Waals surface area contributed by atoms with Gasteiger partial charge in [-0.05, 0) is 0 Å². The van der Waals surface area contributed by atoms with Crippen molar-refractivity contribution in [1.29, 1.82) is 0 Å². The van der Waals surface area contributed by atoms with Crippen LogP contribution in [0.1, 0.15) is 55.5 Å². The minimum atomic E-state index is -1.97. The summed E-state index contributed by atoms with van der Waals surface area (Å²) < 4.78 is 0. The first-order chi connectivity index (χ1) is 12.7. The molecule has 27 heavy (non-hydrogen) atoms. The summed E-state index contributed by atoms with van der Waals surface area (Å²) in [6.07, 6.45) is -2.29. The highest BCUT2D eigenvalue weighted by Crippen LogP contribution is 2.50. The van der Waals surface area contributed by atoms with Gasteiger partial charge in [0.2, 0.25) is 0 Å². The van der Waals surface area contributed by atoms with E-state index in [0.717, 1.165) is 11.3 Å². The maximum Gasteiger partial charge on any atom is 0.199 e. The molecule has 140 valence electrons. The van der Waals surface area contributed by atoms with Gasteiger partial charge in [-0.25, -0.2) is 0 Å². The van der Waals surface area contributed by atoms with Gasteiger partial charge in [0.05, 0.1) is 22.6 Å². The van der Waals surface area contributed by atoms with Crippen molar-refractivity contribution >= 4 is 44.6 Å². The Morgan fingerprint density at radius 1 is 1.15 bits per heavy atom. The lowest BCUT2D eigenvalue weighted by Crippen LogP contribution is -2.46. The molecule has 2 aromatic rings. The molecule has 0 fully saturated rings. The van der Waals surface area contributed by atoms with Crippen molar-refractivity contribution < 1.29 is 34.8 Å². The van der Waals surface area contributed by atoms with Crippen LogP contribution < -0.4 is 0 Å². The van der Waals surface area contributed by atoms with Crippen molar-refractivity contribution in [2.24, 2.45) is 0 Å². The fraction of sp³-hybridized carbons (Fsp3) is 0.278. The Kier molecular flexibility index (Phi) is 4.04. The Morgan fingerprint density at radius 2 is 1.70 bits per heavy atom. The molecule has 2 aliphatic carbocycles. The number of phenolic OH excluding ortho intramolecular Hbond substituents is 2. The molecule has 0 radical (unpaired) electrons. The molecule has 0 unspecified atom stereocenters. The number of aromatic hydroxyl groups is 2. The molecule has 1 heterocycles. The van der Waals surface area contributed by atoms with E-state index in [1.54, 1.807) is 0 Å². The van der Waals surface area contributed by atoms with Crippen LogP contribution in [0, 0.1) is 0 Å². The van der Waals surface area contributed by atoms with Crippen molar-refractivity contribution in [1.82, 2.24) is 0 Å². The molecule has 9 heteroatoms. The summed E-state index contributed by atoms with van der Waals surface area (Å²) in [5.74, 6) is -3.07. The minimum absolute atomic E-state index is 0.110. The zero-order valence-electron chi connectivity index (χ0n) is 13.7. The number of phenols is 2. The molecular formula is C18H13BrO7S. The molecule has 4 rings (SSSR count). The highest BCUT2D eigenvalue weighted by Gasteiger charge is 2.47. The first-order valence-electron chi connectivity index (χ1n) is 7.97. The molecule has 0 spiro atoms. The summed E-state index contributed by atoms with van der Waals surface area (Å²) in [6.45, 7) is 0. The van der Waals surface area contributed by atoms with Crippen LogP contribution in [0.4, 0.5) is 0 Å². The number of rotatable bonds is 2. The van der Waals surface area contributed by atoms with E-state index in [9.17, 15) is 34.8 Å². The van der Waals surface area contributed by atoms with Gasteiger partial charge in [-0.15, -0.1) is 0 Å². The highest BCUT2D eigenvalue weighted by atomic mass is 79.9. The molecule has 4 N–H and O–H groups in total. The van der Waals surface area contributed by atoms with Gasteiger partial charge in [0.1, 0.15) is 17.1 Å². The lowest BCUT2D eigenvalue weighted by atomic mass is 9.72. The third-order valence-electron chi connectivity index (χ3n) is 5.17. The third-order valence-corrected chi connectivity index (χ3v) is 6.42. The molecule has 0 bridgehead atoms. The van der Waals surface area contributed by atoms with Crippen molar-refractivity contribution in [2.45, 2.75) is 24.5 Å². The molecule has 0 saturated heterocycles. The van der Waals surface area contributed by atoms with Crippen LogP contribution in [-0.4, -0.2) is 48.7 Å². The van der Waals surface area contributed by atoms with Gasteiger partial charge in [0, 0.05) is 45.9 Å². The van der Waals surface area contributed by atoms with E-state index in [1.807, 2.05) is 0 Å². The summed E-state index contributed by atoms with van der Waals surface area (Å²) in [6, 6.07) is 0. The van der Waals surface area contributed by atoms with Crippen LogP contribution >= 0.6 is 27.3 Å². The second-order valence-corrected chi connectivity index (χ2v) is 7.99. The number of benzene rings is 1. The molecule has 2 atom stereocenters. The van der Waals surface area contributed by atoms with E-state index >= 15 is 0 Å². The Bertz CT molecular complexity index is 1040. The van der Waals surface area contributed by atoms with Gasteiger partial charge in [-0.3, -0.25) is 14.4 Å². The number of halogens is 1. The molecule has 0 saturated carbocycles. The fourth-order valence-electron chi connectivity index (χ4n) is 3.81. The summed E-state index contributed by atoms with van der Waals surface area (Å²) in [4.78, 5) is 37.6. The zero-order valence-corrected chi connectivity index (χ0v) is 16.1. The Balaban J connectivity index is 2.00.